The summed E-state index contributed by atoms with van der Waals surface area (Å²) in [5.74, 6) is -3.26. The SMILES string of the molecule is COC(=O)CNC(=O)Cc1cccc(F)c1F. The highest BCUT2D eigenvalue weighted by molar-refractivity contribution is 5.83. The topological polar surface area (TPSA) is 55.4 Å². The van der Waals surface area contributed by atoms with E-state index in [1.54, 1.807) is 0 Å². The molecule has 1 amide bonds. The van der Waals surface area contributed by atoms with Crippen molar-refractivity contribution in [3.8, 4) is 0 Å². The quantitative estimate of drug-likeness (QED) is 0.796. The lowest BCUT2D eigenvalue weighted by Gasteiger charge is -2.05. The summed E-state index contributed by atoms with van der Waals surface area (Å²) in [5, 5.41) is 2.23. The number of amides is 1. The van der Waals surface area contributed by atoms with E-state index < -0.39 is 23.5 Å². The van der Waals surface area contributed by atoms with E-state index in [9.17, 15) is 18.4 Å². The van der Waals surface area contributed by atoms with Gasteiger partial charge in [0.15, 0.2) is 11.6 Å². The number of rotatable bonds is 4. The maximum absolute atomic E-state index is 13.2. The Morgan fingerprint density at radius 3 is 2.71 bits per heavy atom. The smallest absolute Gasteiger partial charge is 0.325 e. The third-order valence-corrected chi connectivity index (χ3v) is 2.04. The Morgan fingerprint density at radius 2 is 2.06 bits per heavy atom. The number of hydrogen-bond acceptors (Lipinski definition) is 3. The molecule has 0 aliphatic heterocycles. The summed E-state index contributed by atoms with van der Waals surface area (Å²) in [5.41, 5.74) is -0.0626. The second kappa shape index (κ2) is 5.93. The van der Waals surface area contributed by atoms with Crippen LogP contribution in [0.2, 0.25) is 0 Å². The van der Waals surface area contributed by atoms with Crippen molar-refractivity contribution in [2.24, 2.45) is 0 Å². The fraction of sp³-hybridized carbons (Fsp3) is 0.273. The summed E-state index contributed by atoms with van der Waals surface area (Å²) < 4.78 is 30.3. The number of nitrogens with one attached hydrogen (secondary N) is 1. The number of carbonyl (C=O) groups is 2. The van der Waals surface area contributed by atoms with Crippen LogP contribution in [-0.2, 0) is 20.7 Å². The molecule has 1 aromatic rings. The van der Waals surface area contributed by atoms with E-state index in [1.165, 1.54) is 19.2 Å². The molecule has 4 nitrogen and oxygen atoms in total. The van der Waals surface area contributed by atoms with Crippen LogP contribution in [0.5, 0.6) is 0 Å². The van der Waals surface area contributed by atoms with Gasteiger partial charge < -0.3 is 10.1 Å². The fourth-order valence-corrected chi connectivity index (χ4v) is 1.16. The monoisotopic (exact) mass is 243 g/mol. The molecule has 92 valence electrons. The molecule has 0 unspecified atom stereocenters. The lowest BCUT2D eigenvalue weighted by Crippen LogP contribution is -2.31. The van der Waals surface area contributed by atoms with Gasteiger partial charge in [0.1, 0.15) is 6.54 Å². The van der Waals surface area contributed by atoms with Gasteiger partial charge in [-0.15, -0.1) is 0 Å². The van der Waals surface area contributed by atoms with Crippen LogP contribution in [-0.4, -0.2) is 25.5 Å². The maximum atomic E-state index is 13.2. The zero-order valence-corrected chi connectivity index (χ0v) is 9.13. The number of hydrogen-bond donors (Lipinski definition) is 1. The van der Waals surface area contributed by atoms with E-state index in [4.69, 9.17) is 0 Å². The van der Waals surface area contributed by atoms with Crippen molar-refractivity contribution in [3.05, 3.63) is 35.4 Å². The largest absolute Gasteiger partial charge is 0.468 e. The van der Waals surface area contributed by atoms with Gasteiger partial charge in [-0.2, -0.15) is 0 Å². The Bertz CT molecular complexity index is 435. The lowest BCUT2D eigenvalue weighted by atomic mass is 10.1. The number of methoxy groups -OCH3 is 1. The number of ether oxygens (including phenoxy) is 1. The van der Waals surface area contributed by atoms with Crippen LogP contribution in [0.15, 0.2) is 18.2 Å². The molecular weight excluding hydrogens is 232 g/mol. The Hall–Kier alpha value is -1.98. The van der Waals surface area contributed by atoms with Crippen molar-refractivity contribution >= 4 is 11.9 Å². The van der Waals surface area contributed by atoms with Crippen molar-refractivity contribution in [1.29, 1.82) is 0 Å². The van der Waals surface area contributed by atoms with Crippen LogP contribution in [0.3, 0.4) is 0 Å². The molecule has 0 heterocycles. The predicted octanol–water partition coefficient (Wildman–Crippen LogP) is 0.796. The molecule has 0 aliphatic rings. The van der Waals surface area contributed by atoms with Gasteiger partial charge in [-0.05, 0) is 6.07 Å². The van der Waals surface area contributed by atoms with E-state index >= 15 is 0 Å². The first-order valence-corrected chi connectivity index (χ1v) is 4.81. The third-order valence-electron chi connectivity index (χ3n) is 2.04. The molecule has 17 heavy (non-hydrogen) atoms. The number of halogens is 2. The number of benzene rings is 1. The zero-order chi connectivity index (χ0) is 12.8. The van der Waals surface area contributed by atoms with Crippen molar-refractivity contribution < 1.29 is 23.1 Å². The first-order chi connectivity index (χ1) is 8.04. The van der Waals surface area contributed by atoms with Crippen LogP contribution in [0, 0.1) is 11.6 Å². The molecule has 0 saturated carbocycles. The molecule has 0 spiro atoms. The average Bonchev–Trinajstić information content (AvgIpc) is 2.32. The molecule has 0 radical (unpaired) electrons. The Kier molecular flexibility index (Phi) is 4.56. The van der Waals surface area contributed by atoms with Gasteiger partial charge in [-0.25, -0.2) is 8.78 Å². The van der Waals surface area contributed by atoms with Gasteiger partial charge in [0.2, 0.25) is 5.91 Å². The van der Waals surface area contributed by atoms with Gasteiger partial charge in [0.25, 0.3) is 0 Å². The second-order valence-electron chi connectivity index (χ2n) is 3.24. The van der Waals surface area contributed by atoms with E-state index in [-0.39, 0.29) is 18.5 Å². The van der Waals surface area contributed by atoms with Crippen molar-refractivity contribution in [2.75, 3.05) is 13.7 Å². The molecular formula is C11H11F2NO3. The molecule has 0 atom stereocenters. The average molecular weight is 243 g/mol. The van der Waals surface area contributed by atoms with Crippen LogP contribution in [0.25, 0.3) is 0 Å². The zero-order valence-electron chi connectivity index (χ0n) is 9.13. The standard InChI is InChI=1S/C11H11F2NO3/c1-17-10(16)6-14-9(15)5-7-3-2-4-8(12)11(7)13/h2-4H,5-6H2,1H3,(H,14,15). The van der Waals surface area contributed by atoms with Gasteiger partial charge in [0, 0.05) is 5.56 Å². The van der Waals surface area contributed by atoms with Crippen LogP contribution in [0.4, 0.5) is 8.78 Å². The molecule has 1 N–H and O–H groups in total. The first-order valence-electron chi connectivity index (χ1n) is 4.81. The fourth-order valence-electron chi connectivity index (χ4n) is 1.16. The Labute approximate surface area is 96.6 Å². The van der Waals surface area contributed by atoms with Gasteiger partial charge >= 0.3 is 5.97 Å². The summed E-state index contributed by atoms with van der Waals surface area (Å²) in [6, 6.07) is 3.57. The predicted molar refractivity (Wildman–Crippen MR) is 55.1 cm³/mol. The van der Waals surface area contributed by atoms with Gasteiger partial charge in [-0.3, -0.25) is 9.59 Å². The van der Waals surface area contributed by atoms with Crippen LogP contribution >= 0.6 is 0 Å². The lowest BCUT2D eigenvalue weighted by molar-refractivity contribution is -0.141. The van der Waals surface area contributed by atoms with Crippen molar-refractivity contribution in [2.45, 2.75) is 6.42 Å². The van der Waals surface area contributed by atoms with Gasteiger partial charge in [0.05, 0.1) is 13.5 Å². The van der Waals surface area contributed by atoms with E-state index in [0.717, 1.165) is 6.07 Å². The maximum Gasteiger partial charge on any atom is 0.325 e. The summed E-state index contributed by atoms with van der Waals surface area (Å²) in [7, 11) is 1.18. The minimum Gasteiger partial charge on any atom is -0.468 e. The van der Waals surface area contributed by atoms with Crippen LogP contribution in [0.1, 0.15) is 5.56 Å². The first kappa shape index (κ1) is 13.1. The molecule has 1 aromatic carbocycles. The highest BCUT2D eigenvalue weighted by Crippen LogP contribution is 2.11. The normalized spacial score (nSPS) is 9.82. The minimum absolute atomic E-state index is 0.0626. The van der Waals surface area contributed by atoms with Gasteiger partial charge in [-0.1, -0.05) is 12.1 Å². The van der Waals surface area contributed by atoms with Crippen molar-refractivity contribution in [3.63, 3.8) is 0 Å². The molecule has 0 saturated heterocycles. The second-order valence-corrected chi connectivity index (χ2v) is 3.24. The molecule has 0 aromatic heterocycles. The Morgan fingerprint density at radius 1 is 1.35 bits per heavy atom. The summed E-state index contributed by atoms with van der Waals surface area (Å²) >= 11 is 0. The molecule has 1 rings (SSSR count). The highest BCUT2D eigenvalue weighted by Gasteiger charge is 2.12. The van der Waals surface area contributed by atoms with E-state index in [2.05, 4.69) is 10.1 Å². The number of carbonyl (C=O) groups excluding carboxylic acids is 2. The third kappa shape index (κ3) is 3.82. The number of esters is 1. The Balaban J connectivity index is 2.56. The van der Waals surface area contributed by atoms with E-state index in [0.29, 0.717) is 0 Å². The molecule has 0 fully saturated rings. The highest BCUT2D eigenvalue weighted by atomic mass is 19.2. The molecule has 0 aliphatic carbocycles. The minimum atomic E-state index is -1.05. The summed E-state index contributed by atoms with van der Waals surface area (Å²) in [6.45, 7) is -0.299. The van der Waals surface area contributed by atoms with E-state index in [1.807, 2.05) is 0 Å². The van der Waals surface area contributed by atoms with Crippen LogP contribution < -0.4 is 5.32 Å². The summed E-state index contributed by atoms with van der Waals surface area (Å²) in [4.78, 5) is 22.0. The van der Waals surface area contributed by atoms with Crippen molar-refractivity contribution in [1.82, 2.24) is 5.32 Å². The molecule has 6 heteroatoms. The molecule has 0 bridgehead atoms. The summed E-state index contributed by atoms with van der Waals surface area (Å²) in [6.07, 6.45) is -0.333.